The van der Waals surface area contributed by atoms with Gasteiger partial charge in [0.05, 0.1) is 0 Å². The summed E-state index contributed by atoms with van der Waals surface area (Å²) < 4.78 is 1.95. The van der Waals surface area contributed by atoms with Crippen LogP contribution in [0.5, 0.6) is 0 Å². The number of hydrogen-bond acceptors (Lipinski definition) is 2. The van der Waals surface area contributed by atoms with Crippen molar-refractivity contribution in [2.45, 2.75) is 13.0 Å². The van der Waals surface area contributed by atoms with E-state index in [4.69, 9.17) is 0 Å². The quantitative estimate of drug-likeness (QED) is 0.824. The first-order chi connectivity index (χ1) is 7.59. The molecule has 0 aliphatic rings. The highest BCUT2D eigenvalue weighted by atomic mass is 79.9. The van der Waals surface area contributed by atoms with Crippen LogP contribution in [0.15, 0.2) is 37.9 Å². The Morgan fingerprint density at radius 2 is 1.94 bits per heavy atom. The number of hydrogen-bond donors (Lipinski definition) is 1. The van der Waals surface area contributed by atoms with Crippen molar-refractivity contribution in [1.29, 1.82) is 0 Å². The number of halogens is 2. The smallest absolute Gasteiger partial charge is 0.106 e. The number of thiophene rings is 1. The molecule has 0 fully saturated rings. The van der Waals surface area contributed by atoms with Gasteiger partial charge in [0.1, 0.15) is 6.10 Å². The summed E-state index contributed by atoms with van der Waals surface area (Å²) in [6, 6.07) is 5.95. The number of aryl methyl sites for hydroxylation is 1. The molecule has 0 saturated heterocycles. The van der Waals surface area contributed by atoms with E-state index >= 15 is 0 Å². The molecule has 4 heteroatoms. The second-order valence-corrected chi connectivity index (χ2v) is 6.09. The average Bonchev–Trinajstić information content (AvgIpc) is 2.67. The van der Waals surface area contributed by atoms with Gasteiger partial charge in [-0.1, -0.05) is 22.0 Å². The van der Waals surface area contributed by atoms with Gasteiger partial charge in [0, 0.05) is 19.9 Å². The summed E-state index contributed by atoms with van der Waals surface area (Å²) in [7, 11) is 0. The Kier molecular flexibility index (Phi) is 3.85. The fourth-order valence-corrected chi connectivity index (χ4v) is 3.47. The highest BCUT2D eigenvalue weighted by molar-refractivity contribution is 9.10. The lowest BCUT2D eigenvalue weighted by molar-refractivity contribution is 0.219. The number of aliphatic hydroxyl groups excluding tert-OH is 1. The Morgan fingerprint density at radius 3 is 2.56 bits per heavy atom. The van der Waals surface area contributed by atoms with E-state index in [0.29, 0.717) is 0 Å². The zero-order valence-electron chi connectivity index (χ0n) is 8.58. The van der Waals surface area contributed by atoms with Crippen molar-refractivity contribution >= 4 is 43.2 Å². The molecular formula is C12H10Br2OS. The predicted octanol–water partition coefficient (Wildman–Crippen LogP) is 4.66. The molecule has 1 nitrogen and oxygen atoms in total. The van der Waals surface area contributed by atoms with Gasteiger partial charge in [-0.25, -0.2) is 0 Å². The molecule has 2 aromatic rings. The van der Waals surface area contributed by atoms with E-state index < -0.39 is 6.10 Å². The summed E-state index contributed by atoms with van der Waals surface area (Å²) in [6.45, 7) is 2.01. The first-order valence-electron chi connectivity index (χ1n) is 4.75. The SMILES string of the molecule is Cc1ccc(Br)cc1C(O)c1cscc1Br. The van der Waals surface area contributed by atoms with Crippen LogP contribution in [0.25, 0.3) is 0 Å². The second kappa shape index (κ2) is 5.00. The number of aliphatic hydroxyl groups is 1. The second-order valence-electron chi connectivity index (χ2n) is 3.58. The molecule has 2 rings (SSSR count). The first kappa shape index (κ1) is 12.3. The van der Waals surface area contributed by atoms with E-state index in [9.17, 15) is 5.11 Å². The van der Waals surface area contributed by atoms with E-state index in [0.717, 1.165) is 25.6 Å². The molecule has 1 unspecified atom stereocenters. The zero-order chi connectivity index (χ0) is 11.7. The molecule has 0 amide bonds. The first-order valence-corrected chi connectivity index (χ1v) is 7.28. The summed E-state index contributed by atoms with van der Waals surface area (Å²) >= 11 is 8.45. The van der Waals surface area contributed by atoms with E-state index in [1.54, 1.807) is 11.3 Å². The zero-order valence-corrected chi connectivity index (χ0v) is 12.6. The lowest BCUT2D eigenvalue weighted by atomic mass is 10.00. The van der Waals surface area contributed by atoms with E-state index in [1.165, 1.54) is 0 Å². The van der Waals surface area contributed by atoms with Crippen LogP contribution in [0.2, 0.25) is 0 Å². The third-order valence-corrected chi connectivity index (χ3v) is 4.72. The van der Waals surface area contributed by atoms with Crippen LogP contribution in [0.3, 0.4) is 0 Å². The molecule has 16 heavy (non-hydrogen) atoms. The average molecular weight is 362 g/mol. The summed E-state index contributed by atoms with van der Waals surface area (Å²) in [5, 5.41) is 14.3. The predicted molar refractivity (Wildman–Crippen MR) is 75.0 cm³/mol. The monoisotopic (exact) mass is 360 g/mol. The van der Waals surface area contributed by atoms with Gasteiger partial charge in [-0.2, -0.15) is 11.3 Å². The lowest BCUT2D eigenvalue weighted by Crippen LogP contribution is -2.01. The minimum atomic E-state index is -0.571. The van der Waals surface area contributed by atoms with Gasteiger partial charge >= 0.3 is 0 Å². The Morgan fingerprint density at radius 1 is 1.19 bits per heavy atom. The van der Waals surface area contributed by atoms with Crippen molar-refractivity contribution in [3.05, 3.63) is 54.6 Å². The van der Waals surface area contributed by atoms with Gasteiger partial charge in [0.15, 0.2) is 0 Å². The van der Waals surface area contributed by atoms with Gasteiger partial charge in [-0.15, -0.1) is 0 Å². The molecule has 1 aromatic carbocycles. The fourth-order valence-electron chi connectivity index (χ4n) is 1.56. The molecule has 0 bridgehead atoms. The largest absolute Gasteiger partial charge is 0.384 e. The maximum atomic E-state index is 10.3. The molecule has 0 aliphatic heterocycles. The molecule has 84 valence electrons. The highest BCUT2D eigenvalue weighted by Crippen LogP contribution is 2.33. The van der Waals surface area contributed by atoms with E-state index in [-0.39, 0.29) is 0 Å². The van der Waals surface area contributed by atoms with Crippen LogP contribution >= 0.6 is 43.2 Å². The molecule has 1 N–H and O–H groups in total. The number of benzene rings is 1. The maximum Gasteiger partial charge on any atom is 0.106 e. The van der Waals surface area contributed by atoms with Gasteiger partial charge in [-0.3, -0.25) is 0 Å². The molecule has 0 saturated carbocycles. The van der Waals surface area contributed by atoms with Crippen LogP contribution in [-0.4, -0.2) is 5.11 Å². The van der Waals surface area contributed by atoms with Gasteiger partial charge in [0.2, 0.25) is 0 Å². The summed E-state index contributed by atoms with van der Waals surface area (Å²) in [6.07, 6.45) is -0.571. The van der Waals surface area contributed by atoms with Crippen molar-refractivity contribution in [3.8, 4) is 0 Å². The van der Waals surface area contributed by atoms with Crippen LogP contribution in [-0.2, 0) is 0 Å². The van der Waals surface area contributed by atoms with Crippen molar-refractivity contribution < 1.29 is 5.11 Å². The standard InChI is InChI=1S/C12H10Br2OS/c1-7-2-3-8(13)4-9(7)12(15)10-5-16-6-11(10)14/h2-6,12,15H,1H3. The van der Waals surface area contributed by atoms with E-state index in [2.05, 4.69) is 31.9 Å². The van der Waals surface area contributed by atoms with Crippen LogP contribution < -0.4 is 0 Å². The highest BCUT2D eigenvalue weighted by Gasteiger charge is 2.16. The molecule has 1 atom stereocenters. The van der Waals surface area contributed by atoms with Crippen molar-refractivity contribution in [2.75, 3.05) is 0 Å². The van der Waals surface area contributed by atoms with Crippen LogP contribution in [0, 0.1) is 6.92 Å². The van der Waals surface area contributed by atoms with Gasteiger partial charge in [0.25, 0.3) is 0 Å². The van der Waals surface area contributed by atoms with Crippen LogP contribution in [0.1, 0.15) is 22.8 Å². The third kappa shape index (κ3) is 2.40. The van der Waals surface area contributed by atoms with Crippen molar-refractivity contribution in [1.82, 2.24) is 0 Å². The van der Waals surface area contributed by atoms with Gasteiger partial charge < -0.3 is 5.11 Å². The Bertz CT molecular complexity index is 507. The minimum absolute atomic E-state index is 0.571. The lowest BCUT2D eigenvalue weighted by Gasteiger charge is -2.13. The van der Waals surface area contributed by atoms with Crippen LogP contribution in [0.4, 0.5) is 0 Å². The molecule has 1 heterocycles. The summed E-state index contributed by atoms with van der Waals surface area (Å²) in [4.78, 5) is 0. The molecule has 0 radical (unpaired) electrons. The summed E-state index contributed by atoms with van der Waals surface area (Å²) in [5.74, 6) is 0. The topological polar surface area (TPSA) is 20.2 Å². The third-order valence-electron chi connectivity index (χ3n) is 2.47. The Balaban J connectivity index is 2.45. The van der Waals surface area contributed by atoms with Crippen molar-refractivity contribution in [2.24, 2.45) is 0 Å². The molecular weight excluding hydrogens is 352 g/mol. The Labute approximate surface area is 115 Å². The summed E-state index contributed by atoms with van der Waals surface area (Å²) in [5.41, 5.74) is 2.95. The van der Waals surface area contributed by atoms with Crippen molar-refractivity contribution in [3.63, 3.8) is 0 Å². The fraction of sp³-hybridized carbons (Fsp3) is 0.167. The Hall–Kier alpha value is -0.160. The molecule has 1 aromatic heterocycles. The minimum Gasteiger partial charge on any atom is -0.384 e. The normalized spacial score (nSPS) is 12.8. The number of rotatable bonds is 2. The molecule has 0 aliphatic carbocycles. The molecule has 0 spiro atoms. The maximum absolute atomic E-state index is 10.3. The van der Waals surface area contributed by atoms with E-state index in [1.807, 2.05) is 35.9 Å². The van der Waals surface area contributed by atoms with Gasteiger partial charge in [-0.05, 0) is 51.5 Å².